The number of nitrogens with zero attached hydrogens (tertiary/aromatic N) is 1. The van der Waals surface area contributed by atoms with Gasteiger partial charge < -0.3 is 10.6 Å². The minimum Gasteiger partial charge on any atom is -0.338 e. The summed E-state index contributed by atoms with van der Waals surface area (Å²) in [5, 5.41) is 0. The van der Waals surface area contributed by atoms with Crippen LogP contribution >= 0.6 is 0 Å². The van der Waals surface area contributed by atoms with Crippen molar-refractivity contribution in [2.24, 2.45) is 23.5 Å². The van der Waals surface area contributed by atoms with Gasteiger partial charge in [-0.3, -0.25) is 4.79 Å². The summed E-state index contributed by atoms with van der Waals surface area (Å²) in [6, 6.07) is 0.290. The van der Waals surface area contributed by atoms with Gasteiger partial charge >= 0.3 is 0 Å². The Morgan fingerprint density at radius 1 is 1.47 bits per heavy atom. The standard InChI is InChI=1S/C12H22N2O/c1-8-5-6-14(11(8)7-13)12(15)9(2)10-3-4-10/h8-11H,3-7,13H2,1-2H3. The number of carbonyl (C=O) groups is 1. The molecule has 1 amide bonds. The fourth-order valence-electron chi connectivity index (χ4n) is 2.70. The second-order valence-electron chi connectivity index (χ2n) is 5.23. The monoisotopic (exact) mass is 210 g/mol. The highest BCUT2D eigenvalue weighted by molar-refractivity contribution is 5.79. The number of likely N-dealkylation sites (tertiary alicyclic amines) is 1. The van der Waals surface area contributed by atoms with Crippen LogP contribution < -0.4 is 5.73 Å². The maximum Gasteiger partial charge on any atom is 0.225 e. The molecule has 0 radical (unpaired) electrons. The Morgan fingerprint density at radius 2 is 2.13 bits per heavy atom. The van der Waals surface area contributed by atoms with Gasteiger partial charge in [-0.15, -0.1) is 0 Å². The van der Waals surface area contributed by atoms with E-state index in [2.05, 4.69) is 13.8 Å². The average molecular weight is 210 g/mol. The Kier molecular flexibility index (Phi) is 3.01. The van der Waals surface area contributed by atoms with Gasteiger partial charge in [0.25, 0.3) is 0 Å². The van der Waals surface area contributed by atoms with Gasteiger partial charge in [-0.25, -0.2) is 0 Å². The molecule has 1 aliphatic heterocycles. The predicted octanol–water partition coefficient (Wildman–Crippen LogP) is 1.23. The zero-order valence-corrected chi connectivity index (χ0v) is 9.78. The van der Waals surface area contributed by atoms with Crippen molar-refractivity contribution in [3.63, 3.8) is 0 Å². The molecule has 2 aliphatic rings. The summed E-state index contributed by atoms with van der Waals surface area (Å²) in [5.74, 6) is 1.80. The largest absolute Gasteiger partial charge is 0.338 e. The number of rotatable bonds is 3. The van der Waals surface area contributed by atoms with Crippen LogP contribution in [0.3, 0.4) is 0 Å². The van der Waals surface area contributed by atoms with Gasteiger partial charge in [-0.05, 0) is 31.1 Å². The SMILES string of the molecule is CC1CCN(C(=O)C(C)C2CC2)C1CN. The first-order chi connectivity index (χ1) is 7.15. The zero-order valence-electron chi connectivity index (χ0n) is 9.78. The quantitative estimate of drug-likeness (QED) is 0.761. The first-order valence-corrected chi connectivity index (χ1v) is 6.15. The molecule has 0 bridgehead atoms. The number of hydrogen-bond donors (Lipinski definition) is 1. The third-order valence-corrected chi connectivity index (χ3v) is 4.13. The van der Waals surface area contributed by atoms with Crippen LogP contribution in [-0.4, -0.2) is 29.9 Å². The maximum absolute atomic E-state index is 12.2. The molecule has 1 aliphatic carbocycles. The molecular formula is C12H22N2O. The van der Waals surface area contributed by atoms with Crippen LogP contribution in [-0.2, 0) is 4.79 Å². The van der Waals surface area contributed by atoms with Crippen molar-refractivity contribution in [2.75, 3.05) is 13.1 Å². The molecule has 2 N–H and O–H groups in total. The van der Waals surface area contributed by atoms with E-state index in [1.165, 1.54) is 12.8 Å². The van der Waals surface area contributed by atoms with Crippen molar-refractivity contribution in [2.45, 2.75) is 39.2 Å². The highest BCUT2D eigenvalue weighted by Gasteiger charge is 2.40. The van der Waals surface area contributed by atoms with E-state index in [1.807, 2.05) is 4.90 Å². The first-order valence-electron chi connectivity index (χ1n) is 6.15. The molecule has 2 fully saturated rings. The number of hydrogen-bond acceptors (Lipinski definition) is 2. The summed E-state index contributed by atoms with van der Waals surface area (Å²) < 4.78 is 0. The molecule has 3 atom stereocenters. The van der Waals surface area contributed by atoms with E-state index in [9.17, 15) is 4.79 Å². The van der Waals surface area contributed by atoms with Crippen molar-refractivity contribution in [1.29, 1.82) is 0 Å². The Labute approximate surface area is 92.0 Å². The minimum absolute atomic E-state index is 0.226. The van der Waals surface area contributed by atoms with Gasteiger partial charge in [-0.2, -0.15) is 0 Å². The lowest BCUT2D eigenvalue weighted by Gasteiger charge is -2.28. The average Bonchev–Trinajstić information content (AvgIpc) is 3.00. The van der Waals surface area contributed by atoms with Crippen LogP contribution in [0.15, 0.2) is 0 Å². The van der Waals surface area contributed by atoms with Crippen LogP contribution in [0.5, 0.6) is 0 Å². The van der Waals surface area contributed by atoms with Crippen molar-refractivity contribution in [3.8, 4) is 0 Å². The second kappa shape index (κ2) is 4.12. The third-order valence-electron chi connectivity index (χ3n) is 4.13. The molecule has 3 nitrogen and oxygen atoms in total. The van der Waals surface area contributed by atoms with Crippen LogP contribution in [0.2, 0.25) is 0 Å². The lowest BCUT2D eigenvalue weighted by Crippen LogP contribution is -2.44. The number of amides is 1. The van der Waals surface area contributed by atoms with E-state index in [-0.39, 0.29) is 5.92 Å². The highest BCUT2D eigenvalue weighted by atomic mass is 16.2. The minimum atomic E-state index is 0.226. The highest BCUT2D eigenvalue weighted by Crippen LogP contribution is 2.38. The summed E-state index contributed by atoms with van der Waals surface area (Å²) in [7, 11) is 0. The molecule has 0 aromatic rings. The smallest absolute Gasteiger partial charge is 0.225 e. The molecule has 15 heavy (non-hydrogen) atoms. The molecule has 1 saturated carbocycles. The molecular weight excluding hydrogens is 188 g/mol. The van der Waals surface area contributed by atoms with Crippen molar-refractivity contribution in [3.05, 3.63) is 0 Å². The van der Waals surface area contributed by atoms with Gasteiger partial charge in [-0.1, -0.05) is 13.8 Å². The molecule has 1 heterocycles. The zero-order chi connectivity index (χ0) is 11.0. The van der Waals surface area contributed by atoms with Crippen LogP contribution in [0.4, 0.5) is 0 Å². The van der Waals surface area contributed by atoms with E-state index < -0.39 is 0 Å². The number of nitrogens with two attached hydrogens (primary N) is 1. The van der Waals surface area contributed by atoms with Gasteiger partial charge in [0.1, 0.15) is 0 Å². The summed E-state index contributed by atoms with van der Waals surface area (Å²) in [6.45, 7) is 5.81. The molecule has 3 unspecified atom stereocenters. The van der Waals surface area contributed by atoms with Gasteiger partial charge in [0, 0.05) is 25.0 Å². The molecule has 86 valence electrons. The Balaban J connectivity index is 1.99. The first kappa shape index (κ1) is 10.9. The maximum atomic E-state index is 12.2. The Hall–Kier alpha value is -0.570. The lowest BCUT2D eigenvalue weighted by atomic mass is 10.0. The normalized spacial score (nSPS) is 33.1. The number of carbonyl (C=O) groups excluding carboxylic acids is 1. The van der Waals surface area contributed by atoms with Gasteiger partial charge in [0.15, 0.2) is 0 Å². The lowest BCUT2D eigenvalue weighted by molar-refractivity contribution is -0.136. The van der Waals surface area contributed by atoms with E-state index in [0.717, 1.165) is 13.0 Å². The summed E-state index contributed by atoms with van der Waals surface area (Å²) in [5.41, 5.74) is 5.75. The molecule has 3 heteroatoms. The van der Waals surface area contributed by atoms with E-state index in [4.69, 9.17) is 5.73 Å². The van der Waals surface area contributed by atoms with Crippen molar-refractivity contribution >= 4 is 5.91 Å². The van der Waals surface area contributed by atoms with Crippen LogP contribution in [0.25, 0.3) is 0 Å². The second-order valence-corrected chi connectivity index (χ2v) is 5.23. The topological polar surface area (TPSA) is 46.3 Å². The van der Waals surface area contributed by atoms with Gasteiger partial charge in [0.2, 0.25) is 5.91 Å². The Morgan fingerprint density at radius 3 is 2.67 bits per heavy atom. The summed E-state index contributed by atoms with van der Waals surface area (Å²) in [6.07, 6.45) is 3.60. The Bertz CT molecular complexity index is 250. The van der Waals surface area contributed by atoms with E-state index >= 15 is 0 Å². The summed E-state index contributed by atoms with van der Waals surface area (Å²) in [4.78, 5) is 14.2. The van der Waals surface area contributed by atoms with Crippen molar-refractivity contribution in [1.82, 2.24) is 4.90 Å². The molecule has 0 aromatic heterocycles. The predicted molar refractivity (Wildman–Crippen MR) is 60.2 cm³/mol. The van der Waals surface area contributed by atoms with E-state index in [1.54, 1.807) is 0 Å². The van der Waals surface area contributed by atoms with Crippen LogP contribution in [0.1, 0.15) is 33.1 Å². The van der Waals surface area contributed by atoms with E-state index in [0.29, 0.717) is 30.3 Å². The molecule has 0 spiro atoms. The fraction of sp³-hybridized carbons (Fsp3) is 0.917. The fourth-order valence-corrected chi connectivity index (χ4v) is 2.70. The molecule has 1 saturated heterocycles. The van der Waals surface area contributed by atoms with Gasteiger partial charge in [0.05, 0.1) is 0 Å². The summed E-state index contributed by atoms with van der Waals surface area (Å²) >= 11 is 0. The molecule has 0 aromatic carbocycles. The third kappa shape index (κ3) is 2.03. The van der Waals surface area contributed by atoms with Crippen LogP contribution in [0, 0.1) is 17.8 Å². The van der Waals surface area contributed by atoms with Crippen molar-refractivity contribution < 1.29 is 4.79 Å². The molecule has 2 rings (SSSR count).